The zero-order valence-electron chi connectivity index (χ0n) is 11.9. The van der Waals surface area contributed by atoms with Crippen molar-refractivity contribution in [3.63, 3.8) is 0 Å². The molecule has 0 bridgehead atoms. The first-order valence-corrected chi connectivity index (χ1v) is 6.66. The van der Waals surface area contributed by atoms with E-state index in [4.69, 9.17) is 4.42 Å². The van der Waals surface area contributed by atoms with Crippen LogP contribution in [0.3, 0.4) is 0 Å². The van der Waals surface area contributed by atoms with Gasteiger partial charge in [0.05, 0.1) is 5.56 Å². The highest BCUT2D eigenvalue weighted by Crippen LogP contribution is 2.26. The Hall–Kier alpha value is -2.56. The highest BCUT2D eigenvalue weighted by atomic mass is 16.4. The molecular formula is C16H17NO4. The van der Waals surface area contributed by atoms with Crippen molar-refractivity contribution in [1.29, 1.82) is 0 Å². The van der Waals surface area contributed by atoms with Crippen molar-refractivity contribution in [2.45, 2.75) is 25.8 Å². The van der Waals surface area contributed by atoms with E-state index >= 15 is 0 Å². The molecule has 0 radical (unpaired) electrons. The fourth-order valence-electron chi connectivity index (χ4n) is 2.24. The second-order valence-corrected chi connectivity index (χ2v) is 4.83. The van der Waals surface area contributed by atoms with Crippen LogP contribution < -0.4 is 5.32 Å². The SMILES string of the molecule is CC[C@](NC(=O)c1coc(C)c1)(C(=O)O)c1ccccc1. The normalized spacial score (nSPS) is 13.4. The number of carboxylic acid groups (broad SMARTS) is 1. The van der Waals surface area contributed by atoms with Crippen LogP contribution >= 0.6 is 0 Å². The summed E-state index contributed by atoms with van der Waals surface area (Å²) in [6.07, 6.45) is 1.55. The van der Waals surface area contributed by atoms with Crippen LogP contribution in [0.5, 0.6) is 0 Å². The van der Waals surface area contributed by atoms with Gasteiger partial charge in [0, 0.05) is 0 Å². The Labute approximate surface area is 122 Å². The second kappa shape index (κ2) is 5.83. The summed E-state index contributed by atoms with van der Waals surface area (Å²) in [7, 11) is 0. The van der Waals surface area contributed by atoms with E-state index in [0.717, 1.165) is 0 Å². The topological polar surface area (TPSA) is 79.5 Å². The van der Waals surface area contributed by atoms with Crippen LogP contribution in [0, 0.1) is 6.92 Å². The Kier molecular flexibility index (Phi) is 4.12. The van der Waals surface area contributed by atoms with E-state index in [0.29, 0.717) is 16.9 Å². The maximum atomic E-state index is 12.3. The summed E-state index contributed by atoms with van der Waals surface area (Å²) in [5.41, 5.74) is -0.611. The number of aliphatic carboxylic acids is 1. The molecule has 0 fully saturated rings. The zero-order valence-corrected chi connectivity index (χ0v) is 11.9. The minimum absolute atomic E-state index is 0.231. The van der Waals surface area contributed by atoms with Gasteiger partial charge in [-0.1, -0.05) is 37.3 Å². The Balaban J connectivity index is 2.38. The van der Waals surface area contributed by atoms with Crippen molar-refractivity contribution in [3.8, 4) is 0 Å². The summed E-state index contributed by atoms with van der Waals surface area (Å²) in [6.45, 7) is 3.44. The molecule has 0 saturated heterocycles. The van der Waals surface area contributed by atoms with Gasteiger partial charge in [-0.25, -0.2) is 4.79 Å². The number of amides is 1. The quantitative estimate of drug-likeness (QED) is 0.886. The molecule has 0 spiro atoms. The molecule has 110 valence electrons. The number of carbonyl (C=O) groups excluding carboxylic acids is 1. The second-order valence-electron chi connectivity index (χ2n) is 4.83. The predicted molar refractivity (Wildman–Crippen MR) is 77.0 cm³/mol. The standard InChI is InChI=1S/C16H17NO4/c1-3-16(15(19)20,13-7-5-4-6-8-13)17-14(18)12-9-11(2)21-10-12/h4-10H,3H2,1-2H3,(H,17,18)(H,19,20)/t16-/m1/s1. The molecule has 5 nitrogen and oxygen atoms in total. The average molecular weight is 287 g/mol. The first-order valence-electron chi connectivity index (χ1n) is 6.66. The van der Waals surface area contributed by atoms with Crippen LogP contribution in [0.4, 0.5) is 0 Å². The molecule has 2 N–H and O–H groups in total. The van der Waals surface area contributed by atoms with Crippen molar-refractivity contribution < 1.29 is 19.1 Å². The van der Waals surface area contributed by atoms with E-state index < -0.39 is 17.4 Å². The smallest absolute Gasteiger partial charge is 0.334 e. The number of furan rings is 1. The van der Waals surface area contributed by atoms with Gasteiger partial charge in [0.1, 0.15) is 12.0 Å². The van der Waals surface area contributed by atoms with Crippen LogP contribution in [0.25, 0.3) is 0 Å². The van der Waals surface area contributed by atoms with Crippen molar-refractivity contribution in [3.05, 3.63) is 59.5 Å². The zero-order chi connectivity index (χ0) is 15.5. The lowest BCUT2D eigenvalue weighted by Gasteiger charge is -2.29. The summed E-state index contributed by atoms with van der Waals surface area (Å²) in [6, 6.07) is 10.3. The molecule has 0 aliphatic carbocycles. The number of carboxylic acids is 1. The van der Waals surface area contributed by atoms with Gasteiger partial charge in [-0.3, -0.25) is 4.79 Å². The van der Waals surface area contributed by atoms with Crippen LogP contribution in [0.15, 0.2) is 47.1 Å². The van der Waals surface area contributed by atoms with Gasteiger partial charge in [-0.2, -0.15) is 0 Å². The molecule has 1 heterocycles. The molecule has 0 unspecified atom stereocenters. The van der Waals surface area contributed by atoms with E-state index in [1.807, 2.05) is 0 Å². The van der Waals surface area contributed by atoms with Gasteiger partial charge in [0.2, 0.25) is 0 Å². The fraction of sp³-hybridized carbons (Fsp3) is 0.250. The molecule has 21 heavy (non-hydrogen) atoms. The lowest BCUT2D eigenvalue weighted by molar-refractivity contribution is -0.145. The Bertz CT molecular complexity index is 647. The summed E-state index contributed by atoms with van der Waals surface area (Å²) < 4.78 is 5.09. The number of carbonyl (C=O) groups is 2. The molecule has 0 aliphatic heterocycles. The van der Waals surface area contributed by atoms with Crippen LogP contribution in [0.2, 0.25) is 0 Å². The van der Waals surface area contributed by atoms with E-state index in [2.05, 4.69) is 5.32 Å². The number of benzene rings is 1. The lowest BCUT2D eigenvalue weighted by Crippen LogP contribution is -2.51. The van der Waals surface area contributed by atoms with Gasteiger partial charge in [0.25, 0.3) is 5.91 Å². The maximum Gasteiger partial charge on any atom is 0.334 e. The van der Waals surface area contributed by atoms with Crippen LogP contribution in [-0.2, 0) is 10.3 Å². The average Bonchev–Trinajstić information content (AvgIpc) is 2.92. The van der Waals surface area contributed by atoms with Crippen LogP contribution in [0.1, 0.15) is 35.0 Å². The highest BCUT2D eigenvalue weighted by molar-refractivity contribution is 5.98. The molecule has 1 atom stereocenters. The fourth-order valence-corrected chi connectivity index (χ4v) is 2.24. The van der Waals surface area contributed by atoms with Crippen LogP contribution in [-0.4, -0.2) is 17.0 Å². The number of nitrogens with one attached hydrogen (secondary N) is 1. The minimum atomic E-state index is -1.45. The van der Waals surface area contributed by atoms with Gasteiger partial charge < -0.3 is 14.8 Å². The van der Waals surface area contributed by atoms with E-state index in [-0.39, 0.29) is 6.42 Å². The predicted octanol–water partition coefficient (Wildman–Crippen LogP) is 2.71. The Morgan fingerprint density at radius 1 is 1.29 bits per heavy atom. The van der Waals surface area contributed by atoms with Crippen molar-refractivity contribution in [2.75, 3.05) is 0 Å². The minimum Gasteiger partial charge on any atom is -0.479 e. The Morgan fingerprint density at radius 2 is 1.95 bits per heavy atom. The number of aryl methyl sites for hydroxylation is 1. The van der Waals surface area contributed by atoms with Gasteiger partial charge in [0.15, 0.2) is 5.54 Å². The third kappa shape index (κ3) is 2.81. The Morgan fingerprint density at radius 3 is 2.43 bits per heavy atom. The van der Waals surface area contributed by atoms with Gasteiger partial charge >= 0.3 is 5.97 Å². The molecule has 0 aliphatic rings. The lowest BCUT2D eigenvalue weighted by atomic mass is 9.87. The number of hydrogen-bond donors (Lipinski definition) is 2. The van der Waals surface area contributed by atoms with Crippen molar-refractivity contribution in [2.24, 2.45) is 0 Å². The summed E-state index contributed by atoms with van der Waals surface area (Å²) >= 11 is 0. The largest absolute Gasteiger partial charge is 0.479 e. The molecular weight excluding hydrogens is 270 g/mol. The van der Waals surface area contributed by atoms with Crippen molar-refractivity contribution >= 4 is 11.9 Å². The van der Waals surface area contributed by atoms with Gasteiger partial charge in [-0.15, -0.1) is 0 Å². The maximum absolute atomic E-state index is 12.3. The molecule has 5 heteroatoms. The van der Waals surface area contributed by atoms with E-state index in [9.17, 15) is 14.7 Å². The monoisotopic (exact) mass is 287 g/mol. The molecule has 1 aromatic heterocycles. The number of hydrogen-bond acceptors (Lipinski definition) is 3. The third-order valence-electron chi connectivity index (χ3n) is 3.48. The van der Waals surface area contributed by atoms with E-state index in [1.54, 1.807) is 50.2 Å². The first-order chi connectivity index (χ1) is 9.99. The van der Waals surface area contributed by atoms with Crippen molar-refractivity contribution in [1.82, 2.24) is 5.32 Å². The molecule has 1 aromatic carbocycles. The summed E-state index contributed by atoms with van der Waals surface area (Å²) in [5, 5.41) is 12.3. The highest BCUT2D eigenvalue weighted by Gasteiger charge is 2.40. The summed E-state index contributed by atoms with van der Waals surface area (Å²) in [5.74, 6) is -0.970. The summed E-state index contributed by atoms with van der Waals surface area (Å²) in [4.78, 5) is 24.1. The molecule has 1 amide bonds. The third-order valence-corrected chi connectivity index (χ3v) is 3.48. The first kappa shape index (κ1) is 14.8. The van der Waals surface area contributed by atoms with E-state index in [1.165, 1.54) is 6.26 Å². The number of rotatable bonds is 5. The molecule has 2 aromatic rings. The molecule has 0 saturated carbocycles. The van der Waals surface area contributed by atoms with Gasteiger partial charge in [-0.05, 0) is 25.0 Å². The molecule has 2 rings (SSSR count).